The maximum Gasteiger partial charge on any atom is 0.238 e. The molecule has 0 atom stereocenters. The number of nitrogens with one attached hydrogen (secondary N) is 1. The first-order chi connectivity index (χ1) is 7.45. The van der Waals surface area contributed by atoms with E-state index in [1.54, 1.807) is 0 Å². The Morgan fingerprint density at radius 2 is 2.06 bits per heavy atom. The molecule has 0 saturated carbocycles. The molecular weight excluding hydrogens is 230 g/mol. The van der Waals surface area contributed by atoms with Gasteiger partial charge in [-0.05, 0) is 24.6 Å². The van der Waals surface area contributed by atoms with Crippen molar-refractivity contribution in [3.05, 3.63) is 18.2 Å². The Morgan fingerprint density at radius 3 is 2.62 bits per heavy atom. The Hall–Kier alpha value is -1.31. The normalized spacial score (nSPS) is 11.4. The number of aliphatic hydroxyl groups excluding tert-OH is 1. The van der Waals surface area contributed by atoms with Gasteiger partial charge in [-0.2, -0.15) is 0 Å². The van der Waals surface area contributed by atoms with E-state index in [4.69, 9.17) is 16.0 Å². The molecule has 0 bridgehead atoms. The number of rotatable bonds is 5. The first kappa shape index (κ1) is 12.8. The number of hydrogen-bond acceptors (Lipinski definition) is 5. The summed E-state index contributed by atoms with van der Waals surface area (Å²) in [7, 11) is -3.72. The van der Waals surface area contributed by atoms with Crippen LogP contribution >= 0.6 is 0 Å². The van der Waals surface area contributed by atoms with Crippen molar-refractivity contribution < 1.29 is 13.5 Å². The second kappa shape index (κ2) is 5.15. The molecule has 7 heteroatoms. The Balaban J connectivity index is 2.91. The van der Waals surface area contributed by atoms with Gasteiger partial charge in [0.25, 0.3) is 0 Å². The van der Waals surface area contributed by atoms with Crippen LogP contribution in [0.2, 0.25) is 0 Å². The first-order valence-corrected chi connectivity index (χ1v) is 6.27. The molecular formula is C9H15N3O3S. The van der Waals surface area contributed by atoms with Crippen LogP contribution in [0, 0.1) is 0 Å². The smallest absolute Gasteiger partial charge is 0.238 e. The second-order valence-corrected chi connectivity index (χ2v) is 4.86. The van der Waals surface area contributed by atoms with E-state index < -0.39 is 10.0 Å². The predicted octanol–water partition coefficient (Wildman–Crippen LogP) is -0.290. The monoisotopic (exact) mass is 245 g/mol. The first-order valence-electron chi connectivity index (χ1n) is 4.72. The van der Waals surface area contributed by atoms with E-state index in [2.05, 4.69) is 5.32 Å². The standard InChI is InChI=1S/C9H15N3O3S/c10-8-3-2-7(16(11,14)15)6-9(8)12-4-1-5-13/h2-3,6,12-13H,1,4-5,10H2,(H2,11,14,15). The molecule has 0 spiro atoms. The van der Waals surface area contributed by atoms with Gasteiger partial charge in [0.2, 0.25) is 10.0 Å². The number of primary sulfonamides is 1. The van der Waals surface area contributed by atoms with Crippen LogP contribution in [0.3, 0.4) is 0 Å². The number of nitrogens with two attached hydrogens (primary N) is 2. The van der Waals surface area contributed by atoms with E-state index in [0.717, 1.165) is 0 Å². The number of nitrogen functional groups attached to an aromatic ring is 1. The minimum Gasteiger partial charge on any atom is -0.397 e. The highest BCUT2D eigenvalue weighted by Gasteiger charge is 2.09. The van der Waals surface area contributed by atoms with Crippen molar-refractivity contribution in [3.63, 3.8) is 0 Å². The van der Waals surface area contributed by atoms with Crippen molar-refractivity contribution in [3.8, 4) is 0 Å². The van der Waals surface area contributed by atoms with Crippen LogP contribution in [0.25, 0.3) is 0 Å². The summed E-state index contributed by atoms with van der Waals surface area (Å²) >= 11 is 0. The Morgan fingerprint density at radius 1 is 1.38 bits per heavy atom. The summed E-state index contributed by atoms with van der Waals surface area (Å²) in [5, 5.41) is 16.5. The van der Waals surface area contributed by atoms with Crippen molar-refractivity contribution in [1.82, 2.24) is 0 Å². The van der Waals surface area contributed by atoms with Crippen molar-refractivity contribution in [2.24, 2.45) is 5.14 Å². The molecule has 16 heavy (non-hydrogen) atoms. The van der Waals surface area contributed by atoms with Crippen LogP contribution < -0.4 is 16.2 Å². The SMILES string of the molecule is Nc1ccc(S(N)(=O)=O)cc1NCCCO. The average molecular weight is 245 g/mol. The largest absolute Gasteiger partial charge is 0.397 e. The van der Waals surface area contributed by atoms with E-state index in [1.807, 2.05) is 0 Å². The van der Waals surface area contributed by atoms with Crippen LogP contribution in [-0.2, 0) is 10.0 Å². The van der Waals surface area contributed by atoms with Crippen LogP contribution in [-0.4, -0.2) is 26.7 Å². The lowest BCUT2D eigenvalue weighted by Crippen LogP contribution is -2.13. The third-order valence-corrected chi connectivity index (χ3v) is 2.91. The maximum atomic E-state index is 11.1. The number of benzene rings is 1. The molecule has 0 aromatic heterocycles. The lowest BCUT2D eigenvalue weighted by Gasteiger charge is -2.09. The fourth-order valence-electron chi connectivity index (χ4n) is 1.17. The molecule has 0 saturated heterocycles. The highest BCUT2D eigenvalue weighted by atomic mass is 32.2. The summed E-state index contributed by atoms with van der Waals surface area (Å²) in [5.74, 6) is 0. The van der Waals surface area contributed by atoms with Crippen molar-refractivity contribution in [1.29, 1.82) is 0 Å². The molecule has 1 aromatic carbocycles. The highest BCUT2D eigenvalue weighted by molar-refractivity contribution is 7.89. The number of anilines is 2. The topological polar surface area (TPSA) is 118 Å². The van der Waals surface area contributed by atoms with Crippen molar-refractivity contribution in [2.75, 3.05) is 24.2 Å². The van der Waals surface area contributed by atoms with Crippen molar-refractivity contribution >= 4 is 21.4 Å². The molecule has 0 heterocycles. The molecule has 1 aromatic rings. The Kier molecular flexibility index (Phi) is 4.11. The maximum absolute atomic E-state index is 11.1. The Labute approximate surface area is 94.3 Å². The molecule has 0 amide bonds. The third-order valence-electron chi connectivity index (χ3n) is 2.00. The summed E-state index contributed by atoms with van der Waals surface area (Å²) < 4.78 is 22.2. The second-order valence-electron chi connectivity index (χ2n) is 3.30. The summed E-state index contributed by atoms with van der Waals surface area (Å²) in [6.45, 7) is 0.566. The van der Waals surface area contributed by atoms with E-state index in [-0.39, 0.29) is 11.5 Å². The Bertz CT molecular complexity index is 459. The molecule has 0 aliphatic rings. The van der Waals surface area contributed by atoms with Gasteiger partial charge >= 0.3 is 0 Å². The minimum atomic E-state index is -3.72. The predicted molar refractivity (Wildman–Crippen MR) is 62.4 cm³/mol. The van der Waals surface area contributed by atoms with Crippen LogP contribution in [0.5, 0.6) is 0 Å². The van der Waals surface area contributed by atoms with Crippen LogP contribution in [0.1, 0.15) is 6.42 Å². The van der Waals surface area contributed by atoms with Gasteiger partial charge < -0.3 is 16.2 Å². The summed E-state index contributed by atoms with van der Waals surface area (Å²) in [5.41, 5.74) is 6.59. The van der Waals surface area contributed by atoms with Gasteiger partial charge in [0.05, 0.1) is 16.3 Å². The zero-order valence-corrected chi connectivity index (χ0v) is 9.50. The molecule has 0 radical (unpaired) electrons. The third kappa shape index (κ3) is 3.37. The zero-order valence-electron chi connectivity index (χ0n) is 8.68. The van der Waals surface area contributed by atoms with E-state index in [1.165, 1.54) is 18.2 Å². The van der Waals surface area contributed by atoms with Crippen LogP contribution in [0.15, 0.2) is 23.1 Å². The minimum absolute atomic E-state index is 0.00759. The average Bonchev–Trinajstić information content (AvgIpc) is 2.19. The summed E-state index contributed by atoms with van der Waals surface area (Å²) in [6, 6.07) is 4.20. The number of aliphatic hydroxyl groups is 1. The molecule has 0 fully saturated rings. The molecule has 0 unspecified atom stereocenters. The lowest BCUT2D eigenvalue weighted by molar-refractivity contribution is 0.292. The molecule has 90 valence electrons. The van der Waals surface area contributed by atoms with Gasteiger partial charge in [-0.3, -0.25) is 0 Å². The molecule has 0 aliphatic heterocycles. The number of sulfonamides is 1. The van der Waals surface area contributed by atoms with Gasteiger partial charge in [-0.15, -0.1) is 0 Å². The zero-order chi connectivity index (χ0) is 12.2. The molecule has 1 rings (SSSR count). The van der Waals surface area contributed by atoms with Gasteiger partial charge in [-0.25, -0.2) is 13.6 Å². The van der Waals surface area contributed by atoms with Crippen molar-refractivity contribution in [2.45, 2.75) is 11.3 Å². The quantitative estimate of drug-likeness (QED) is 0.420. The molecule has 6 nitrogen and oxygen atoms in total. The van der Waals surface area contributed by atoms with Gasteiger partial charge in [0, 0.05) is 13.2 Å². The fraction of sp³-hybridized carbons (Fsp3) is 0.333. The van der Waals surface area contributed by atoms with Crippen LogP contribution in [0.4, 0.5) is 11.4 Å². The van der Waals surface area contributed by atoms with E-state index >= 15 is 0 Å². The number of hydrogen-bond donors (Lipinski definition) is 4. The van der Waals surface area contributed by atoms with E-state index in [0.29, 0.717) is 24.3 Å². The van der Waals surface area contributed by atoms with Gasteiger partial charge in [0.1, 0.15) is 0 Å². The van der Waals surface area contributed by atoms with E-state index in [9.17, 15) is 8.42 Å². The fourth-order valence-corrected chi connectivity index (χ4v) is 1.71. The molecule has 0 aliphatic carbocycles. The molecule has 6 N–H and O–H groups in total. The summed E-state index contributed by atoms with van der Waals surface area (Å²) in [6.07, 6.45) is 0.555. The lowest BCUT2D eigenvalue weighted by atomic mass is 10.2. The highest BCUT2D eigenvalue weighted by Crippen LogP contribution is 2.21. The van der Waals surface area contributed by atoms with Gasteiger partial charge in [-0.1, -0.05) is 0 Å². The van der Waals surface area contributed by atoms with Gasteiger partial charge in [0.15, 0.2) is 0 Å². The summed E-state index contributed by atoms with van der Waals surface area (Å²) in [4.78, 5) is 0.00759.